The standard InChI is InChI=1S/C17H17FN4O4/c1-21-12(4-5-19-21)10-26-15-3-2-11(8-13(15)18)20-14-9-16(24)22(6-7-23)17(14)25/h2-5,8-9,20,23H,6-7,10H2,1H3. The Hall–Kier alpha value is -3.20. The summed E-state index contributed by atoms with van der Waals surface area (Å²) in [5.74, 6) is -1.65. The lowest BCUT2D eigenvalue weighted by Crippen LogP contribution is -2.34. The van der Waals surface area contributed by atoms with E-state index in [9.17, 15) is 14.0 Å². The first kappa shape index (κ1) is 17.6. The molecule has 2 N–H and O–H groups in total. The Morgan fingerprint density at radius 2 is 2.12 bits per heavy atom. The van der Waals surface area contributed by atoms with Crippen molar-refractivity contribution >= 4 is 17.5 Å². The third kappa shape index (κ3) is 3.57. The van der Waals surface area contributed by atoms with E-state index >= 15 is 0 Å². The number of hydrogen-bond acceptors (Lipinski definition) is 6. The third-order valence-electron chi connectivity index (χ3n) is 3.84. The SMILES string of the molecule is Cn1nccc1COc1ccc(NC2=CC(=O)N(CCO)C2=O)cc1F. The molecule has 26 heavy (non-hydrogen) atoms. The molecule has 0 saturated carbocycles. The highest BCUT2D eigenvalue weighted by atomic mass is 19.1. The monoisotopic (exact) mass is 360 g/mol. The van der Waals surface area contributed by atoms with Crippen molar-refractivity contribution in [1.29, 1.82) is 0 Å². The fourth-order valence-electron chi connectivity index (χ4n) is 2.46. The second kappa shape index (κ2) is 7.36. The number of amides is 2. The highest BCUT2D eigenvalue weighted by Gasteiger charge is 2.30. The maximum absolute atomic E-state index is 14.2. The van der Waals surface area contributed by atoms with Crippen LogP contribution in [0.4, 0.5) is 10.1 Å². The van der Waals surface area contributed by atoms with Crippen molar-refractivity contribution in [3.8, 4) is 5.75 Å². The van der Waals surface area contributed by atoms with Gasteiger partial charge >= 0.3 is 0 Å². The fourth-order valence-corrected chi connectivity index (χ4v) is 2.46. The average Bonchev–Trinajstić information content (AvgIpc) is 3.13. The Morgan fingerprint density at radius 3 is 2.77 bits per heavy atom. The van der Waals surface area contributed by atoms with Crippen LogP contribution in [0.25, 0.3) is 0 Å². The van der Waals surface area contributed by atoms with Crippen molar-refractivity contribution < 1.29 is 23.8 Å². The molecule has 0 bridgehead atoms. The summed E-state index contributed by atoms with van der Waals surface area (Å²) in [6, 6.07) is 5.91. The van der Waals surface area contributed by atoms with Gasteiger partial charge in [0.25, 0.3) is 11.8 Å². The summed E-state index contributed by atoms with van der Waals surface area (Å²) >= 11 is 0. The number of carbonyl (C=O) groups excluding carboxylic acids is 2. The average molecular weight is 360 g/mol. The van der Waals surface area contributed by atoms with Crippen molar-refractivity contribution in [3.63, 3.8) is 0 Å². The van der Waals surface area contributed by atoms with Gasteiger partial charge in [0.05, 0.1) is 18.8 Å². The zero-order valence-electron chi connectivity index (χ0n) is 14.0. The number of benzene rings is 1. The van der Waals surface area contributed by atoms with E-state index in [4.69, 9.17) is 9.84 Å². The number of aromatic nitrogens is 2. The van der Waals surface area contributed by atoms with E-state index in [0.717, 1.165) is 16.7 Å². The van der Waals surface area contributed by atoms with Crippen LogP contribution in [0.15, 0.2) is 42.2 Å². The topological polar surface area (TPSA) is 96.7 Å². The normalized spacial score (nSPS) is 14.0. The summed E-state index contributed by atoms with van der Waals surface area (Å²) < 4.78 is 21.3. The Bertz CT molecular complexity index is 877. The van der Waals surface area contributed by atoms with Crippen LogP contribution in [-0.2, 0) is 23.2 Å². The second-order valence-corrected chi connectivity index (χ2v) is 5.58. The molecule has 136 valence electrons. The highest BCUT2D eigenvalue weighted by Crippen LogP contribution is 2.24. The first-order valence-electron chi connectivity index (χ1n) is 7.84. The predicted octanol–water partition coefficient (Wildman–Crippen LogP) is 0.795. The minimum absolute atomic E-state index is 0.0198. The molecule has 1 aromatic carbocycles. The molecule has 2 amide bonds. The van der Waals surface area contributed by atoms with E-state index in [-0.39, 0.29) is 31.2 Å². The number of imide groups is 1. The second-order valence-electron chi connectivity index (χ2n) is 5.58. The molecule has 3 rings (SSSR count). The Labute approximate surface area is 148 Å². The number of halogens is 1. The molecule has 0 spiro atoms. The molecular weight excluding hydrogens is 343 g/mol. The lowest BCUT2D eigenvalue weighted by atomic mass is 10.2. The molecule has 1 aliphatic heterocycles. The summed E-state index contributed by atoms with van der Waals surface area (Å²) in [5, 5.41) is 15.6. The number of ether oxygens (including phenoxy) is 1. The van der Waals surface area contributed by atoms with Gasteiger partial charge in [-0.1, -0.05) is 0 Å². The van der Waals surface area contributed by atoms with Gasteiger partial charge in [-0.25, -0.2) is 4.39 Å². The fraction of sp³-hybridized carbons (Fsp3) is 0.235. The number of β-amino-alcohol motifs (C(OH)–C–C–N with tert-alkyl or cyclic N) is 1. The van der Waals surface area contributed by atoms with Crippen LogP contribution in [0.1, 0.15) is 5.69 Å². The molecule has 0 saturated heterocycles. The first-order chi connectivity index (χ1) is 12.5. The molecule has 2 aromatic rings. The van der Waals surface area contributed by atoms with Crippen LogP contribution >= 0.6 is 0 Å². The van der Waals surface area contributed by atoms with Crippen molar-refractivity contribution in [3.05, 3.63) is 53.7 Å². The number of hydrogen-bond donors (Lipinski definition) is 2. The molecule has 1 aliphatic rings. The van der Waals surface area contributed by atoms with Crippen molar-refractivity contribution in [2.45, 2.75) is 6.61 Å². The van der Waals surface area contributed by atoms with Crippen LogP contribution in [0.3, 0.4) is 0 Å². The Morgan fingerprint density at radius 1 is 1.31 bits per heavy atom. The summed E-state index contributed by atoms with van der Waals surface area (Å²) in [4.78, 5) is 24.7. The molecule has 2 heterocycles. The number of aryl methyl sites for hydroxylation is 1. The smallest absolute Gasteiger partial charge is 0.277 e. The molecule has 0 atom stereocenters. The number of carbonyl (C=O) groups is 2. The van der Waals surface area contributed by atoms with E-state index in [1.807, 2.05) is 0 Å². The van der Waals surface area contributed by atoms with Crippen LogP contribution in [0, 0.1) is 5.82 Å². The maximum atomic E-state index is 14.2. The van der Waals surface area contributed by atoms with E-state index < -0.39 is 17.6 Å². The summed E-state index contributed by atoms with van der Waals surface area (Å²) in [6.45, 7) is -0.251. The van der Waals surface area contributed by atoms with Crippen LogP contribution < -0.4 is 10.1 Å². The van der Waals surface area contributed by atoms with Gasteiger partial charge in [-0.15, -0.1) is 0 Å². The highest BCUT2D eigenvalue weighted by molar-refractivity contribution is 6.17. The summed E-state index contributed by atoms with van der Waals surface area (Å²) in [7, 11) is 1.76. The lowest BCUT2D eigenvalue weighted by molar-refractivity contribution is -0.137. The Balaban J connectivity index is 1.66. The number of nitrogens with zero attached hydrogens (tertiary/aromatic N) is 3. The quantitative estimate of drug-likeness (QED) is 0.709. The van der Waals surface area contributed by atoms with E-state index in [2.05, 4.69) is 10.4 Å². The zero-order chi connectivity index (χ0) is 18.7. The number of anilines is 1. The van der Waals surface area contributed by atoms with Gasteiger partial charge in [-0.3, -0.25) is 19.2 Å². The minimum atomic E-state index is -0.609. The van der Waals surface area contributed by atoms with Gasteiger partial charge in [0, 0.05) is 31.1 Å². The zero-order valence-corrected chi connectivity index (χ0v) is 14.0. The van der Waals surface area contributed by atoms with Crippen molar-refractivity contribution in [1.82, 2.24) is 14.7 Å². The number of rotatable bonds is 7. The number of nitrogens with one attached hydrogen (secondary N) is 1. The van der Waals surface area contributed by atoms with E-state index in [0.29, 0.717) is 5.69 Å². The van der Waals surface area contributed by atoms with Gasteiger partial charge in [0.1, 0.15) is 12.3 Å². The van der Waals surface area contributed by atoms with Crippen LogP contribution in [-0.4, -0.2) is 44.8 Å². The number of aliphatic hydroxyl groups excluding tert-OH is 1. The van der Waals surface area contributed by atoms with Crippen LogP contribution in [0.5, 0.6) is 5.75 Å². The molecule has 1 aromatic heterocycles. The molecule has 0 fully saturated rings. The molecule has 0 aliphatic carbocycles. The van der Waals surface area contributed by atoms with E-state index in [1.54, 1.807) is 24.0 Å². The summed E-state index contributed by atoms with van der Waals surface area (Å²) in [5.41, 5.74) is 1.11. The third-order valence-corrected chi connectivity index (χ3v) is 3.84. The molecule has 8 nitrogen and oxygen atoms in total. The van der Waals surface area contributed by atoms with Gasteiger partial charge in [-0.05, 0) is 18.2 Å². The van der Waals surface area contributed by atoms with E-state index in [1.165, 1.54) is 18.2 Å². The van der Waals surface area contributed by atoms with Crippen LogP contribution in [0.2, 0.25) is 0 Å². The van der Waals surface area contributed by atoms with Gasteiger partial charge in [0.2, 0.25) is 0 Å². The van der Waals surface area contributed by atoms with Gasteiger partial charge in [0.15, 0.2) is 11.6 Å². The number of aliphatic hydroxyl groups is 1. The minimum Gasteiger partial charge on any atom is -0.484 e. The van der Waals surface area contributed by atoms with Gasteiger partial charge in [-0.2, -0.15) is 5.10 Å². The summed E-state index contributed by atoms with van der Waals surface area (Å²) in [6.07, 6.45) is 2.73. The predicted molar refractivity (Wildman–Crippen MR) is 89.5 cm³/mol. The lowest BCUT2D eigenvalue weighted by Gasteiger charge is -2.14. The maximum Gasteiger partial charge on any atom is 0.277 e. The largest absolute Gasteiger partial charge is 0.484 e. The van der Waals surface area contributed by atoms with Gasteiger partial charge < -0.3 is 15.2 Å². The molecule has 0 radical (unpaired) electrons. The molecule has 0 unspecified atom stereocenters. The van der Waals surface area contributed by atoms with Crippen molar-refractivity contribution in [2.24, 2.45) is 7.05 Å². The molecule has 9 heteroatoms. The first-order valence-corrected chi connectivity index (χ1v) is 7.84. The molecular formula is C17H17FN4O4. The Kier molecular flexibility index (Phi) is 4.99. The van der Waals surface area contributed by atoms with Crippen molar-refractivity contribution in [2.75, 3.05) is 18.5 Å².